The number of allylic oxidation sites excluding steroid dienone is 3. The van der Waals surface area contributed by atoms with Crippen LogP contribution in [0.3, 0.4) is 0 Å². The Bertz CT molecular complexity index is 1230. The van der Waals surface area contributed by atoms with Crippen molar-refractivity contribution in [3.63, 3.8) is 0 Å². The molecule has 3 aromatic carbocycles. The van der Waals surface area contributed by atoms with E-state index in [1.165, 1.54) is 6.07 Å². The second kappa shape index (κ2) is 11.4. The molecule has 0 N–H and O–H groups in total. The van der Waals surface area contributed by atoms with Crippen LogP contribution in [0.15, 0.2) is 66.7 Å². The quantitative estimate of drug-likeness (QED) is 0.325. The lowest BCUT2D eigenvalue weighted by Gasteiger charge is -2.20. The van der Waals surface area contributed by atoms with E-state index < -0.39 is 11.6 Å². The van der Waals surface area contributed by atoms with Crippen molar-refractivity contribution in [2.24, 2.45) is 5.92 Å². The zero-order valence-corrected chi connectivity index (χ0v) is 20.0. The van der Waals surface area contributed by atoms with E-state index in [1.807, 2.05) is 31.2 Å². The molecule has 4 rings (SSSR count). The van der Waals surface area contributed by atoms with Gasteiger partial charge in [0.2, 0.25) is 0 Å². The summed E-state index contributed by atoms with van der Waals surface area (Å²) in [7, 11) is 1.55. The summed E-state index contributed by atoms with van der Waals surface area (Å²) in [5.41, 5.74) is 3.43. The lowest BCUT2D eigenvalue weighted by Crippen LogP contribution is -2.04. The molecule has 0 spiro atoms. The summed E-state index contributed by atoms with van der Waals surface area (Å²) in [6.45, 7) is 2.90. The number of rotatable bonds is 8. The maximum absolute atomic E-state index is 14.8. The molecule has 3 aromatic rings. The van der Waals surface area contributed by atoms with Crippen molar-refractivity contribution < 1.29 is 22.6 Å². The highest BCUT2D eigenvalue weighted by Gasteiger charge is 2.17. The number of methoxy groups -OCH3 is 1. The second-order valence-electron chi connectivity index (χ2n) is 8.63. The third-order valence-corrected chi connectivity index (χ3v) is 6.36. The van der Waals surface area contributed by atoms with Gasteiger partial charge < -0.3 is 9.47 Å². The minimum Gasteiger partial charge on any atom is -0.497 e. The van der Waals surface area contributed by atoms with Gasteiger partial charge in [0.15, 0.2) is 11.6 Å². The van der Waals surface area contributed by atoms with Crippen LogP contribution in [-0.4, -0.2) is 13.7 Å². The maximum atomic E-state index is 14.8. The molecule has 0 aliphatic heterocycles. The van der Waals surface area contributed by atoms with Crippen LogP contribution in [0.4, 0.5) is 13.2 Å². The predicted molar refractivity (Wildman–Crippen MR) is 134 cm³/mol. The largest absolute Gasteiger partial charge is 0.497 e. The molecule has 0 amide bonds. The Kier molecular flexibility index (Phi) is 8.09. The Balaban J connectivity index is 1.43. The van der Waals surface area contributed by atoms with Crippen molar-refractivity contribution in [1.29, 1.82) is 0 Å². The van der Waals surface area contributed by atoms with Gasteiger partial charge in [-0.25, -0.2) is 13.2 Å². The second-order valence-corrected chi connectivity index (χ2v) is 8.63. The van der Waals surface area contributed by atoms with E-state index in [2.05, 4.69) is 0 Å². The fraction of sp³-hybridized carbons (Fsp3) is 0.267. The van der Waals surface area contributed by atoms with E-state index in [-0.39, 0.29) is 22.9 Å². The van der Waals surface area contributed by atoms with Crippen molar-refractivity contribution >= 4 is 11.6 Å². The number of hydrogen-bond acceptors (Lipinski definition) is 2. The predicted octanol–water partition coefficient (Wildman–Crippen LogP) is 8.21. The van der Waals surface area contributed by atoms with E-state index in [0.29, 0.717) is 30.1 Å². The summed E-state index contributed by atoms with van der Waals surface area (Å²) in [5, 5.41) is 0. The van der Waals surface area contributed by atoms with Crippen LogP contribution in [0.1, 0.15) is 42.9 Å². The molecule has 1 aliphatic rings. The Morgan fingerprint density at radius 2 is 1.71 bits per heavy atom. The van der Waals surface area contributed by atoms with Crippen LogP contribution in [0, 0.1) is 23.4 Å². The highest BCUT2D eigenvalue weighted by Crippen LogP contribution is 2.34. The molecule has 0 heterocycles. The summed E-state index contributed by atoms with van der Waals surface area (Å²) in [6, 6.07) is 15.3. The molecular weight excluding hydrogens is 449 g/mol. The standard InChI is InChI=1S/C30H29F3O2/c1-3-35-19-21-7-16-26(28(31)18-21)22-8-4-20(5-9-22)6-10-24-13-17-27(30(33)29(24)32)23-11-14-25(34-2)15-12-23/h6-8,10-18,20H,3-5,9,19H2,1-2H3/b10-6+. The molecule has 182 valence electrons. The lowest BCUT2D eigenvalue weighted by atomic mass is 9.85. The number of ether oxygens (including phenoxy) is 2. The molecule has 0 radical (unpaired) electrons. The zero-order valence-electron chi connectivity index (χ0n) is 20.0. The summed E-state index contributed by atoms with van der Waals surface area (Å²) in [4.78, 5) is 0. The number of hydrogen-bond donors (Lipinski definition) is 0. The molecule has 2 nitrogen and oxygen atoms in total. The van der Waals surface area contributed by atoms with Crippen molar-refractivity contribution in [2.75, 3.05) is 13.7 Å². The number of benzene rings is 3. The van der Waals surface area contributed by atoms with Crippen LogP contribution >= 0.6 is 0 Å². The van der Waals surface area contributed by atoms with Crippen LogP contribution in [-0.2, 0) is 11.3 Å². The van der Waals surface area contributed by atoms with Gasteiger partial charge in [0.05, 0.1) is 13.7 Å². The van der Waals surface area contributed by atoms with Gasteiger partial charge in [-0.2, -0.15) is 0 Å². The lowest BCUT2D eigenvalue weighted by molar-refractivity contribution is 0.134. The molecular formula is C30H29F3O2. The van der Waals surface area contributed by atoms with Gasteiger partial charge in [-0.05, 0) is 67.0 Å². The molecule has 0 aromatic heterocycles. The highest BCUT2D eigenvalue weighted by atomic mass is 19.2. The Hall–Kier alpha value is -3.31. The van der Waals surface area contributed by atoms with Gasteiger partial charge in [-0.15, -0.1) is 0 Å². The average Bonchev–Trinajstić information content (AvgIpc) is 2.89. The molecule has 1 atom stereocenters. The third-order valence-electron chi connectivity index (χ3n) is 6.36. The first kappa shape index (κ1) is 24.8. The van der Waals surface area contributed by atoms with E-state index in [0.717, 1.165) is 30.4 Å². The van der Waals surface area contributed by atoms with Gasteiger partial charge >= 0.3 is 0 Å². The minimum atomic E-state index is -0.869. The van der Waals surface area contributed by atoms with Crippen molar-refractivity contribution in [2.45, 2.75) is 32.8 Å². The number of halogens is 3. The van der Waals surface area contributed by atoms with Gasteiger partial charge in [0, 0.05) is 23.3 Å². The maximum Gasteiger partial charge on any atom is 0.167 e. The summed E-state index contributed by atoms with van der Waals surface area (Å²) in [6.07, 6.45) is 7.87. The average molecular weight is 479 g/mol. The molecule has 0 saturated heterocycles. The zero-order chi connectivity index (χ0) is 24.8. The smallest absolute Gasteiger partial charge is 0.167 e. The monoisotopic (exact) mass is 478 g/mol. The summed E-state index contributed by atoms with van der Waals surface area (Å²) >= 11 is 0. The summed E-state index contributed by atoms with van der Waals surface area (Å²) in [5.74, 6) is -1.14. The van der Waals surface area contributed by atoms with E-state index in [4.69, 9.17) is 9.47 Å². The Morgan fingerprint density at radius 3 is 2.37 bits per heavy atom. The Labute approximate surface area is 204 Å². The molecule has 1 unspecified atom stereocenters. The fourth-order valence-electron chi connectivity index (χ4n) is 4.33. The Morgan fingerprint density at radius 1 is 0.943 bits per heavy atom. The van der Waals surface area contributed by atoms with Gasteiger partial charge in [0.1, 0.15) is 11.6 Å². The van der Waals surface area contributed by atoms with Gasteiger partial charge in [-0.3, -0.25) is 0 Å². The molecule has 0 bridgehead atoms. The summed E-state index contributed by atoms with van der Waals surface area (Å²) < 4.78 is 54.6. The molecule has 1 aliphatic carbocycles. The van der Waals surface area contributed by atoms with Crippen LogP contribution in [0.25, 0.3) is 22.8 Å². The molecule has 0 fully saturated rings. The molecule has 0 saturated carbocycles. The van der Waals surface area contributed by atoms with E-state index in [1.54, 1.807) is 49.6 Å². The first-order valence-corrected chi connectivity index (χ1v) is 11.9. The first-order chi connectivity index (χ1) is 17.0. The van der Waals surface area contributed by atoms with Crippen LogP contribution in [0.5, 0.6) is 5.75 Å². The first-order valence-electron chi connectivity index (χ1n) is 11.9. The third kappa shape index (κ3) is 5.85. The van der Waals surface area contributed by atoms with Crippen LogP contribution < -0.4 is 4.74 Å². The SMILES string of the molecule is CCOCc1ccc(C2=CCC(/C=C/c3ccc(-c4ccc(OC)cc4)c(F)c3F)CC2)c(F)c1. The molecule has 35 heavy (non-hydrogen) atoms. The highest BCUT2D eigenvalue weighted by molar-refractivity contribution is 5.69. The molecule has 5 heteroatoms. The van der Waals surface area contributed by atoms with Crippen LogP contribution in [0.2, 0.25) is 0 Å². The van der Waals surface area contributed by atoms with E-state index in [9.17, 15) is 13.2 Å². The van der Waals surface area contributed by atoms with Crippen molar-refractivity contribution in [3.05, 3.63) is 101 Å². The minimum absolute atomic E-state index is 0.183. The topological polar surface area (TPSA) is 18.5 Å². The van der Waals surface area contributed by atoms with Crippen molar-refractivity contribution in [3.8, 4) is 16.9 Å². The van der Waals surface area contributed by atoms with Gasteiger partial charge in [0.25, 0.3) is 0 Å². The van der Waals surface area contributed by atoms with Gasteiger partial charge in [-0.1, -0.05) is 54.6 Å². The fourth-order valence-corrected chi connectivity index (χ4v) is 4.33. The van der Waals surface area contributed by atoms with Crippen molar-refractivity contribution in [1.82, 2.24) is 0 Å². The van der Waals surface area contributed by atoms with E-state index >= 15 is 0 Å². The normalized spacial score (nSPS) is 15.9.